The normalized spacial score (nSPS) is 15.1. The van der Waals surface area contributed by atoms with Gasteiger partial charge in [0.15, 0.2) is 6.10 Å². The van der Waals surface area contributed by atoms with Crippen molar-refractivity contribution < 1.29 is 23.8 Å². The molecule has 0 saturated heterocycles. The molecular weight excluding hydrogens is 362 g/mol. The van der Waals surface area contributed by atoms with E-state index in [-0.39, 0.29) is 12.0 Å². The molecular formula is C21H24NO6-. The smallest absolute Gasteiger partial charge is 0.339 e. The largest absolute Gasteiger partial charge is 0.548 e. The molecule has 1 aliphatic rings. The van der Waals surface area contributed by atoms with Gasteiger partial charge in [-0.1, -0.05) is 13.3 Å². The van der Waals surface area contributed by atoms with Crippen molar-refractivity contribution in [3.8, 4) is 5.75 Å². The summed E-state index contributed by atoms with van der Waals surface area (Å²) in [6, 6.07) is 2.52. The molecule has 2 aromatic rings. The van der Waals surface area contributed by atoms with Crippen LogP contribution in [0.15, 0.2) is 21.3 Å². The van der Waals surface area contributed by atoms with Gasteiger partial charge in [0.1, 0.15) is 11.3 Å². The van der Waals surface area contributed by atoms with Crippen molar-refractivity contribution >= 4 is 22.8 Å². The molecule has 150 valence electrons. The first-order chi connectivity index (χ1) is 13.3. The third kappa shape index (κ3) is 3.88. The zero-order chi connectivity index (χ0) is 20.4. The highest BCUT2D eigenvalue weighted by Gasteiger charge is 2.25. The summed E-state index contributed by atoms with van der Waals surface area (Å²) in [4.78, 5) is 35.8. The van der Waals surface area contributed by atoms with Gasteiger partial charge in [-0.15, -0.1) is 0 Å². The van der Waals surface area contributed by atoms with E-state index in [1.54, 1.807) is 19.1 Å². The Kier molecular flexibility index (Phi) is 5.72. The minimum Gasteiger partial charge on any atom is -0.548 e. The maximum atomic E-state index is 12.4. The number of hydrogen-bond acceptors (Lipinski definition) is 6. The van der Waals surface area contributed by atoms with E-state index in [4.69, 9.17) is 9.15 Å². The van der Waals surface area contributed by atoms with Crippen LogP contribution in [-0.2, 0) is 22.4 Å². The molecule has 1 aromatic heterocycles. The van der Waals surface area contributed by atoms with Gasteiger partial charge in [-0.3, -0.25) is 4.79 Å². The average Bonchev–Trinajstić information content (AvgIpc) is 3.10. The van der Waals surface area contributed by atoms with Crippen LogP contribution >= 0.6 is 0 Å². The zero-order valence-corrected chi connectivity index (χ0v) is 16.3. The van der Waals surface area contributed by atoms with Crippen molar-refractivity contribution in [2.45, 2.75) is 65.0 Å². The molecule has 1 amide bonds. The second-order valence-corrected chi connectivity index (χ2v) is 7.27. The van der Waals surface area contributed by atoms with E-state index in [1.165, 1.54) is 0 Å². The molecule has 28 heavy (non-hydrogen) atoms. The monoisotopic (exact) mass is 386 g/mol. The first-order valence-electron chi connectivity index (χ1n) is 9.59. The predicted octanol–water partition coefficient (Wildman–Crippen LogP) is 1.39. The molecule has 0 aliphatic heterocycles. The number of carboxylic acid groups (broad SMARTS) is 1. The summed E-state index contributed by atoms with van der Waals surface area (Å²) in [5.41, 5.74) is 2.52. The quantitative estimate of drug-likeness (QED) is 0.721. The van der Waals surface area contributed by atoms with Crippen LogP contribution in [0.2, 0.25) is 0 Å². The van der Waals surface area contributed by atoms with E-state index in [1.807, 2.05) is 13.8 Å². The molecule has 0 bridgehead atoms. The Balaban J connectivity index is 1.91. The molecule has 2 atom stereocenters. The van der Waals surface area contributed by atoms with Crippen LogP contribution in [0.25, 0.3) is 11.0 Å². The van der Waals surface area contributed by atoms with Crippen LogP contribution < -0.4 is 20.8 Å². The number of fused-ring (bicyclic) bond motifs is 3. The Labute approximate surface area is 162 Å². The average molecular weight is 386 g/mol. The van der Waals surface area contributed by atoms with Crippen LogP contribution in [-0.4, -0.2) is 24.0 Å². The van der Waals surface area contributed by atoms with E-state index < -0.39 is 24.0 Å². The Morgan fingerprint density at radius 2 is 2.00 bits per heavy atom. The van der Waals surface area contributed by atoms with E-state index in [2.05, 4.69) is 5.32 Å². The van der Waals surface area contributed by atoms with E-state index in [0.29, 0.717) is 35.1 Å². The second kappa shape index (κ2) is 8.04. The first kappa shape index (κ1) is 19.9. The second-order valence-electron chi connectivity index (χ2n) is 7.27. The van der Waals surface area contributed by atoms with Crippen molar-refractivity contribution in [2.24, 2.45) is 0 Å². The Hall–Kier alpha value is -2.83. The van der Waals surface area contributed by atoms with Crippen molar-refractivity contribution in [3.05, 3.63) is 39.2 Å². The molecule has 1 aromatic carbocycles. The fourth-order valence-corrected chi connectivity index (χ4v) is 3.67. The van der Waals surface area contributed by atoms with Gasteiger partial charge in [-0.25, -0.2) is 4.79 Å². The molecule has 1 aliphatic carbocycles. The minimum atomic E-state index is -1.32. The highest BCUT2D eigenvalue weighted by atomic mass is 16.5. The van der Waals surface area contributed by atoms with Crippen LogP contribution in [0.4, 0.5) is 0 Å². The Morgan fingerprint density at radius 3 is 2.68 bits per heavy atom. The van der Waals surface area contributed by atoms with E-state index in [0.717, 1.165) is 24.0 Å². The number of carbonyl (C=O) groups excluding carboxylic acids is 2. The molecule has 7 nitrogen and oxygen atoms in total. The summed E-state index contributed by atoms with van der Waals surface area (Å²) >= 11 is 0. The maximum absolute atomic E-state index is 12.4. The third-order valence-corrected chi connectivity index (χ3v) is 5.03. The van der Waals surface area contributed by atoms with E-state index in [9.17, 15) is 19.5 Å². The van der Waals surface area contributed by atoms with Crippen LogP contribution in [0.5, 0.6) is 5.75 Å². The lowest BCUT2D eigenvalue weighted by atomic mass is 10.0. The van der Waals surface area contributed by atoms with Crippen LogP contribution in [0.1, 0.15) is 49.8 Å². The first-order valence-corrected chi connectivity index (χ1v) is 9.59. The van der Waals surface area contributed by atoms with Gasteiger partial charge in [0.25, 0.3) is 5.91 Å². The van der Waals surface area contributed by atoms with Gasteiger partial charge in [-0.05, 0) is 62.8 Å². The minimum absolute atomic E-state index is 0.285. The number of aliphatic carboxylic acids is 1. The molecule has 0 fully saturated rings. The van der Waals surface area contributed by atoms with Crippen LogP contribution in [0.3, 0.4) is 0 Å². The number of rotatable bonds is 7. The topological polar surface area (TPSA) is 109 Å². The number of hydrogen-bond donors (Lipinski definition) is 1. The molecule has 0 saturated carbocycles. The SMILES string of the molecule is CCC[C@@H](NC(=O)[C@@H](C)Oc1cc(C)cc2oc(=O)c3c(c12)CCC3)C(=O)[O-]. The van der Waals surface area contributed by atoms with Gasteiger partial charge >= 0.3 is 5.63 Å². The number of aryl methyl sites for hydroxylation is 2. The standard InChI is InChI=1S/C21H25NO6/c1-4-6-15(20(24)25)22-19(23)12(3)27-16-9-11(2)10-17-18(16)13-7-5-8-14(13)21(26)28-17/h9-10,12,15H,4-8H2,1-3H3,(H,22,23)(H,24,25)/p-1/t12-,15-/m1/s1. The summed E-state index contributed by atoms with van der Waals surface area (Å²) in [6.07, 6.45) is 2.25. The maximum Gasteiger partial charge on any atom is 0.339 e. The Morgan fingerprint density at radius 1 is 1.29 bits per heavy atom. The zero-order valence-electron chi connectivity index (χ0n) is 16.3. The lowest BCUT2D eigenvalue weighted by molar-refractivity contribution is -0.308. The van der Waals surface area contributed by atoms with Crippen molar-refractivity contribution in [2.75, 3.05) is 0 Å². The van der Waals surface area contributed by atoms with Gasteiger partial charge in [0.05, 0.1) is 17.4 Å². The summed E-state index contributed by atoms with van der Waals surface area (Å²) in [5, 5.41) is 14.3. The summed E-state index contributed by atoms with van der Waals surface area (Å²) in [5.74, 6) is -1.39. The van der Waals surface area contributed by atoms with E-state index >= 15 is 0 Å². The van der Waals surface area contributed by atoms with Crippen molar-refractivity contribution in [1.29, 1.82) is 0 Å². The number of carboxylic acids is 1. The number of benzene rings is 1. The van der Waals surface area contributed by atoms with Crippen molar-refractivity contribution in [1.82, 2.24) is 5.32 Å². The molecule has 0 radical (unpaired) electrons. The summed E-state index contributed by atoms with van der Waals surface area (Å²) in [6.45, 7) is 5.23. The summed E-state index contributed by atoms with van der Waals surface area (Å²) in [7, 11) is 0. The van der Waals surface area contributed by atoms with Crippen LogP contribution in [0, 0.1) is 6.92 Å². The molecule has 1 N–H and O–H groups in total. The lowest BCUT2D eigenvalue weighted by Crippen LogP contribution is -2.51. The lowest BCUT2D eigenvalue weighted by Gasteiger charge is -2.22. The fourth-order valence-electron chi connectivity index (χ4n) is 3.67. The molecule has 7 heteroatoms. The number of nitrogens with one attached hydrogen (secondary N) is 1. The molecule has 3 rings (SSSR count). The van der Waals surface area contributed by atoms with Gasteiger partial charge in [0.2, 0.25) is 0 Å². The number of ether oxygens (including phenoxy) is 1. The molecule has 0 unspecified atom stereocenters. The van der Waals surface area contributed by atoms with Gasteiger partial charge in [-0.2, -0.15) is 0 Å². The highest BCUT2D eigenvalue weighted by Crippen LogP contribution is 2.35. The molecule has 0 spiro atoms. The highest BCUT2D eigenvalue weighted by molar-refractivity contribution is 5.90. The van der Waals surface area contributed by atoms with Crippen molar-refractivity contribution in [3.63, 3.8) is 0 Å². The van der Waals surface area contributed by atoms with Gasteiger partial charge < -0.3 is 24.4 Å². The third-order valence-electron chi connectivity index (χ3n) is 5.03. The van der Waals surface area contributed by atoms with Gasteiger partial charge in [0, 0.05) is 5.56 Å². The predicted molar refractivity (Wildman–Crippen MR) is 101 cm³/mol. The Bertz CT molecular complexity index is 977. The number of amides is 1. The molecule has 1 heterocycles. The summed E-state index contributed by atoms with van der Waals surface area (Å²) < 4.78 is 11.4. The number of carbonyl (C=O) groups is 2. The fraction of sp³-hybridized carbons (Fsp3) is 0.476.